The molecule has 0 aliphatic rings. The van der Waals surface area contributed by atoms with E-state index in [1.54, 1.807) is 41.7 Å². The second kappa shape index (κ2) is 9.86. The second-order valence-electron chi connectivity index (χ2n) is 7.21. The normalized spacial score (nSPS) is 10.7. The van der Waals surface area contributed by atoms with Crippen molar-refractivity contribution in [3.8, 4) is 21.4 Å². The quantitative estimate of drug-likeness (QED) is 0.262. The molecule has 0 spiro atoms. The van der Waals surface area contributed by atoms with E-state index in [0.717, 1.165) is 25.9 Å². The maximum Gasteiger partial charge on any atom is 0.348 e. The van der Waals surface area contributed by atoms with E-state index < -0.39 is 11.9 Å². The van der Waals surface area contributed by atoms with E-state index in [9.17, 15) is 9.59 Å². The fraction of sp³-hybridized carbons (Fsp3) is 0.0385. The number of carbonyl (C=O) groups excluding carboxylic acids is 2. The molecule has 0 atom stereocenters. The Labute approximate surface area is 203 Å². The number of hydrogen-bond acceptors (Lipinski definition) is 7. The highest BCUT2D eigenvalue weighted by Crippen LogP contribution is 2.34. The predicted octanol–water partition coefficient (Wildman–Crippen LogP) is 6.61. The number of carbonyl (C=O) groups is 2. The van der Waals surface area contributed by atoms with Gasteiger partial charge in [-0.15, -0.1) is 22.7 Å². The summed E-state index contributed by atoms with van der Waals surface area (Å²) in [6.07, 6.45) is 0. The smallest absolute Gasteiger partial charge is 0.348 e. The number of para-hydroxylation sites is 2. The molecule has 34 heavy (non-hydrogen) atoms. The number of thiophene rings is 1. The zero-order valence-corrected chi connectivity index (χ0v) is 19.4. The van der Waals surface area contributed by atoms with Gasteiger partial charge >= 0.3 is 5.97 Å². The van der Waals surface area contributed by atoms with E-state index in [1.165, 1.54) is 11.3 Å². The monoisotopic (exact) mass is 486 g/mol. The molecule has 0 radical (unpaired) electrons. The minimum Gasteiger partial charge on any atom is -0.457 e. The van der Waals surface area contributed by atoms with E-state index in [4.69, 9.17) is 9.47 Å². The number of aromatic nitrogens is 1. The van der Waals surface area contributed by atoms with Crippen LogP contribution in [-0.4, -0.2) is 23.5 Å². The number of nitrogens with one attached hydrogen (secondary N) is 1. The van der Waals surface area contributed by atoms with Crippen LogP contribution in [0.25, 0.3) is 20.1 Å². The summed E-state index contributed by atoms with van der Waals surface area (Å²) in [5.41, 5.74) is 1.51. The topological polar surface area (TPSA) is 77.5 Å². The molecule has 0 saturated heterocycles. The average molecular weight is 487 g/mol. The Hall–Kier alpha value is -4.01. The Morgan fingerprint density at radius 1 is 0.794 bits per heavy atom. The van der Waals surface area contributed by atoms with Crippen LogP contribution in [0.4, 0.5) is 5.69 Å². The summed E-state index contributed by atoms with van der Waals surface area (Å²) < 4.78 is 12.0. The zero-order valence-electron chi connectivity index (χ0n) is 17.8. The number of rotatable bonds is 7. The van der Waals surface area contributed by atoms with Gasteiger partial charge < -0.3 is 14.8 Å². The third kappa shape index (κ3) is 5.14. The fourth-order valence-corrected chi connectivity index (χ4v) is 5.09. The SMILES string of the molecule is O=C(COC(=O)c1ccc(-c2nc3ccccc3s2)s1)Nc1ccc(Oc2ccccc2)cc1. The molecule has 0 aliphatic carbocycles. The van der Waals surface area contributed by atoms with Gasteiger partial charge in [0, 0.05) is 5.69 Å². The molecular formula is C26H18N2O4S2. The summed E-state index contributed by atoms with van der Waals surface area (Å²) >= 11 is 2.87. The summed E-state index contributed by atoms with van der Waals surface area (Å²) in [6, 6.07) is 27.8. The lowest BCUT2D eigenvalue weighted by Gasteiger charge is -2.08. The molecule has 6 nitrogen and oxygen atoms in total. The number of thiazole rings is 1. The molecule has 0 unspecified atom stereocenters. The number of amides is 1. The van der Waals surface area contributed by atoms with Gasteiger partial charge in [0.1, 0.15) is 21.4 Å². The van der Waals surface area contributed by atoms with Crippen molar-refractivity contribution in [3.63, 3.8) is 0 Å². The summed E-state index contributed by atoms with van der Waals surface area (Å²) in [7, 11) is 0. The van der Waals surface area contributed by atoms with Gasteiger partial charge in [0.15, 0.2) is 6.61 Å². The van der Waals surface area contributed by atoms with Crippen LogP contribution in [-0.2, 0) is 9.53 Å². The van der Waals surface area contributed by atoms with Crippen molar-refractivity contribution in [2.45, 2.75) is 0 Å². The Kier molecular flexibility index (Phi) is 6.33. The predicted molar refractivity (Wildman–Crippen MR) is 135 cm³/mol. The Balaban J connectivity index is 1.14. The van der Waals surface area contributed by atoms with E-state index in [1.807, 2.05) is 60.7 Å². The van der Waals surface area contributed by atoms with Gasteiger partial charge in [-0.25, -0.2) is 9.78 Å². The van der Waals surface area contributed by atoms with Crippen molar-refractivity contribution in [2.24, 2.45) is 0 Å². The first kappa shape index (κ1) is 21.8. The number of fused-ring (bicyclic) bond motifs is 1. The van der Waals surface area contributed by atoms with Crippen LogP contribution in [0.2, 0.25) is 0 Å². The van der Waals surface area contributed by atoms with Crippen LogP contribution in [0.15, 0.2) is 91.0 Å². The van der Waals surface area contributed by atoms with E-state index >= 15 is 0 Å². The molecule has 2 heterocycles. The lowest BCUT2D eigenvalue weighted by atomic mass is 10.3. The summed E-state index contributed by atoms with van der Waals surface area (Å²) in [5.74, 6) is 0.412. The van der Waals surface area contributed by atoms with Crippen LogP contribution in [0, 0.1) is 0 Å². The van der Waals surface area contributed by atoms with Crippen molar-refractivity contribution in [1.82, 2.24) is 4.98 Å². The van der Waals surface area contributed by atoms with Gasteiger partial charge in [-0.05, 0) is 60.7 Å². The van der Waals surface area contributed by atoms with Crippen LogP contribution in [0.1, 0.15) is 9.67 Å². The van der Waals surface area contributed by atoms with Crippen LogP contribution >= 0.6 is 22.7 Å². The summed E-state index contributed by atoms with van der Waals surface area (Å²) in [6.45, 7) is -0.379. The molecule has 1 amide bonds. The highest BCUT2D eigenvalue weighted by atomic mass is 32.1. The third-order valence-electron chi connectivity index (χ3n) is 4.76. The van der Waals surface area contributed by atoms with E-state index in [0.29, 0.717) is 16.3 Å². The molecule has 0 fully saturated rings. The van der Waals surface area contributed by atoms with Gasteiger partial charge in [-0.2, -0.15) is 0 Å². The van der Waals surface area contributed by atoms with Crippen molar-refractivity contribution in [3.05, 3.63) is 95.9 Å². The lowest BCUT2D eigenvalue weighted by molar-refractivity contribution is -0.119. The standard InChI is InChI=1S/C26H18N2O4S2/c29-24(27-17-10-12-19(13-11-17)32-18-6-2-1-3-7-18)16-31-26(30)23-15-14-22(33-23)25-28-20-8-4-5-9-21(20)34-25/h1-15H,16H2,(H,27,29). The molecule has 0 bridgehead atoms. The Bertz CT molecular complexity index is 1410. The van der Waals surface area contributed by atoms with E-state index in [2.05, 4.69) is 10.3 Å². The number of nitrogens with zero attached hydrogens (tertiary/aromatic N) is 1. The summed E-state index contributed by atoms with van der Waals surface area (Å²) in [4.78, 5) is 30.6. The lowest BCUT2D eigenvalue weighted by Crippen LogP contribution is -2.20. The number of esters is 1. The van der Waals surface area contributed by atoms with Crippen molar-refractivity contribution >= 4 is 50.5 Å². The molecule has 0 aliphatic heterocycles. The van der Waals surface area contributed by atoms with Gasteiger partial charge in [0.25, 0.3) is 5.91 Å². The molecule has 0 saturated carbocycles. The molecule has 5 aromatic rings. The molecule has 168 valence electrons. The summed E-state index contributed by atoms with van der Waals surface area (Å²) in [5, 5.41) is 3.56. The zero-order chi connectivity index (χ0) is 23.3. The van der Waals surface area contributed by atoms with E-state index in [-0.39, 0.29) is 6.61 Å². The Morgan fingerprint density at radius 3 is 2.32 bits per heavy atom. The first-order chi connectivity index (χ1) is 16.6. The molecule has 2 aromatic heterocycles. The highest BCUT2D eigenvalue weighted by molar-refractivity contribution is 7.26. The molecule has 8 heteroatoms. The average Bonchev–Trinajstić information content (AvgIpc) is 3.52. The molecule has 1 N–H and O–H groups in total. The highest BCUT2D eigenvalue weighted by Gasteiger charge is 2.15. The minimum atomic E-state index is -0.542. The number of benzene rings is 3. The minimum absolute atomic E-state index is 0.379. The first-order valence-corrected chi connectivity index (χ1v) is 12.0. The van der Waals surface area contributed by atoms with Gasteiger partial charge in [-0.3, -0.25) is 4.79 Å². The third-order valence-corrected chi connectivity index (χ3v) is 7.03. The van der Waals surface area contributed by atoms with Crippen molar-refractivity contribution in [1.29, 1.82) is 0 Å². The van der Waals surface area contributed by atoms with Gasteiger partial charge in [0.2, 0.25) is 0 Å². The molecule has 3 aromatic carbocycles. The number of hydrogen-bond donors (Lipinski definition) is 1. The molecule has 5 rings (SSSR count). The number of ether oxygens (including phenoxy) is 2. The second-order valence-corrected chi connectivity index (χ2v) is 9.33. The van der Waals surface area contributed by atoms with Gasteiger partial charge in [0.05, 0.1) is 15.1 Å². The van der Waals surface area contributed by atoms with Crippen LogP contribution in [0.5, 0.6) is 11.5 Å². The Morgan fingerprint density at radius 2 is 1.53 bits per heavy atom. The van der Waals surface area contributed by atoms with Crippen molar-refractivity contribution in [2.75, 3.05) is 11.9 Å². The van der Waals surface area contributed by atoms with Gasteiger partial charge in [-0.1, -0.05) is 30.3 Å². The first-order valence-electron chi connectivity index (χ1n) is 10.4. The molecular weight excluding hydrogens is 468 g/mol. The maximum atomic E-state index is 12.4. The largest absolute Gasteiger partial charge is 0.457 e. The van der Waals surface area contributed by atoms with Crippen molar-refractivity contribution < 1.29 is 19.1 Å². The fourth-order valence-electron chi connectivity index (χ4n) is 3.17. The number of anilines is 1. The van der Waals surface area contributed by atoms with Crippen LogP contribution in [0.3, 0.4) is 0 Å². The maximum absolute atomic E-state index is 12.4. The van der Waals surface area contributed by atoms with Crippen LogP contribution < -0.4 is 10.1 Å².